The van der Waals surface area contributed by atoms with Crippen LogP contribution in [0.2, 0.25) is 5.02 Å². The van der Waals surface area contributed by atoms with Crippen molar-refractivity contribution in [3.8, 4) is 0 Å². The van der Waals surface area contributed by atoms with Gasteiger partial charge in [-0.25, -0.2) is 0 Å². The Balaban J connectivity index is 2.82. The summed E-state index contributed by atoms with van der Waals surface area (Å²) in [4.78, 5) is 9.99. The Morgan fingerprint density at radius 1 is 1.69 bits per heavy atom. The first-order valence-corrected chi connectivity index (χ1v) is 6.39. The minimum atomic E-state index is -0.572. The molecule has 0 saturated heterocycles. The smallest absolute Gasteiger partial charge is 0.358 e. The molecule has 0 amide bonds. The molecular formula is C9H13BrClN3O2. The van der Waals surface area contributed by atoms with E-state index < -0.39 is 4.92 Å². The molecule has 7 heteroatoms. The summed E-state index contributed by atoms with van der Waals surface area (Å²) in [7, 11) is 0. The maximum atomic E-state index is 10.6. The van der Waals surface area contributed by atoms with Crippen LogP contribution in [0.1, 0.15) is 13.8 Å². The van der Waals surface area contributed by atoms with Gasteiger partial charge in [-0.1, -0.05) is 41.4 Å². The normalized spacial score (nSPS) is 13.1. The van der Waals surface area contributed by atoms with E-state index in [1.54, 1.807) is 0 Å². The Morgan fingerprint density at radius 2 is 2.31 bits per heavy atom. The van der Waals surface area contributed by atoms with Crippen LogP contribution in [0.15, 0.2) is 6.20 Å². The zero-order valence-electron chi connectivity index (χ0n) is 9.06. The number of nitro groups is 1. The summed E-state index contributed by atoms with van der Waals surface area (Å²) in [6.07, 6.45) is 1.50. The fraction of sp³-hybridized carbons (Fsp3) is 0.667. The topological polar surface area (TPSA) is 61.0 Å². The highest BCUT2D eigenvalue weighted by molar-refractivity contribution is 9.09. The van der Waals surface area contributed by atoms with Crippen LogP contribution >= 0.6 is 27.5 Å². The quantitative estimate of drug-likeness (QED) is 0.477. The predicted molar refractivity (Wildman–Crippen MR) is 66.0 cm³/mol. The van der Waals surface area contributed by atoms with Crippen LogP contribution in [0.5, 0.6) is 0 Å². The summed E-state index contributed by atoms with van der Waals surface area (Å²) in [5.41, 5.74) is 0. The highest BCUT2D eigenvalue weighted by Crippen LogP contribution is 2.23. The molecule has 0 aromatic carbocycles. The molecule has 1 aromatic heterocycles. The van der Waals surface area contributed by atoms with E-state index in [9.17, 15) is 10.1 Å². The van der Waals surface area contributed by atoms with E-state index in [0.29, 0.717) is 18.4 Å². The number of alkyl halides is 1. The SMILES string of the molecule is CC(C)C(CBr)Cn1cc(Cl)c([N+](=O)[O-])n1. The van der Waals surface area contributed by atoms with Gasteiger partial charge < -0.3 is 10.1 Å². The number of aromatic nitrogens is 2. The van der Waals surface area contributed by atoms with Crippen LogP contribution in [0.25, 0.3) is 0 Å². The van der Waals surface area contributed by atoms with Crippen molar-refractivity contribution in [1.29, 1.82) is 0 Å². The molecule has 0 N–H and O–H groups in total. The summed E-state index contributed by atoms with van der Waals surface area (Å²) in [6.45, 7) is 4.83. The molecule has 0 fully saturated rings. The maximum absolute atomic E-state index is 10.6. The van der Waals surface area contributed by atoms with Gasteiger partial charge in [-0.05, 0) is 16.8 Å². The number of hydrogen-bond acceptors (Lipinski definition) is 3. The summed E-state index contributed by atoms with van der Waals surface area (Å²) in [6, 6.07) is 0. The summed E-state index contributed by atoms with van der Waals surface area (Å²) in [5, 5.41) is 15.3. The minimum absolute atomic E-state index is 0.0853. The standard InChI is InChI=1S/C9H13BrClN3O2/c1-6(2)7(3-10)4-13-5-8(11)9(12-13)14(15)16/h5-7H,3-4H2,1-2H3. The third-order valence-electron chi connectivity index (χ3n) is 2.43. The van der Waals surface area contributed by atoms with E-state index in [4.69, 9.17) is 11.6 Å². The van der Waals surface area contributed by atoms with E-state index in [0.717, 1.165) is 5.33 Å². The van der Waals surface area contributed by atoms with Crippen LogP contribution in [-0.4, -0.2) is 20.0 Å². The van der Waals surface area contributed by atoms with Crippen LogP contribution in [-0.2, 0) is 6.54 Å². The average molecular weight is 311 g/mol. The molecule has 0 radical (unpaired) electrons. The molecule has 0 aliphatic rings. The molecule has 16 heavy (non-hydrogen) atoms. The second kappa shape index (κ2) is 5.63. The summed E-state index contributed by atoms with van der Waals surface area (Å²) < 4.78 is 1.53. The van der Waals surface area contributed by atoms with E-state index in [-0.39, 0.29) is 10.8 Å². The first-order valence-electron chi connectivity index (χ1n) is 4.89. The molecule has 1 unspecified atom stereocenters. The third-order valence-corrected chi connectivity index (χ3v) is 3.53. The summed E-state index contributed by atoms with van der Waals surface area (Å²) in [5.74, 6) is 0.565. The van der Waals surface area contributed by atoms with Crippen LogP contribution in [0, 0.1) is 22.0 Å². The molecule has 1 aromatic rings. The lowest BCUT2D eigenvalue weighted by Crippen LogP contribution is -2.18. The Hall–Kier alpha value is -0.620. The van der Waals surface area contributed by atoms with Crippen LogP contribution in [0.3, 0.4) is 0 Å². The van der Waals surface area contributed by atoms with Gasteiger partial charge in [0.25, 0.3) is 0 Å². The molecule has 1 rings (SSSR count). The molecule has 90 valence electrons. The van der Waals surface area contributed by atoms with Gasteiger partial charge in [0, 0.05) is 5.33 Å². The highest BCUT2D eigenvalue weighted by Gasteiger charge is 2.21. The van der Waals surface area contributed by atoms with Crippen molar-refractivity contribution in [1.82, 2.24) is 9.78 Å². The van der Waals surface area contributed by atoms with Crippen LogP contribution < -0.4 is 0 Å². The second-order valence-electron chi connectivity index (χ2n) is 3.94. The Labute approximate surface area is 107 Å². The lowest BCUT2D eigenvalue weighted by Gasteiger charge is -2.15. The molecule has 0 saturated carbocycles. The fourth-order valence-electron chi connectivity index (χ4n) is 1.28. The van der Waals surface area contributed by atoms with Crippen molar-refractivity contribution >= 4 is 33.3 Å². The molecule has 1 heterocycles. The van der Waals surface area contributed by atoms with Gasteiger partial charge in [0.1, 0.15) is 0 Å². The second-order valence-corrected chi connectivity index (χ2v) is 4.99. The zero-order valence-corrected chi connectivity index (χ0v) is 11.4. The van der Waals surface area contributed by atoms with Crippen molar-refractivity contribution in [2.45, 2.75) is 20.4 Å². The first kappa shape index (κ1) is 13.4. The fourth-order valence-corrected chi connectivity index (χ4v) is 2.45. The lowest BCUT2D eigenvalue weighted by molar-refractivity contribution is -0.389. The van der Waals surface area contributed by atoms with E-state index in [2.05, 4.69) is 34.9 Å². The average Bonchev–Trinajstić information content (AvgIpc) is 2.55. The largest absolute Gasteiger partial charge is 0.408 e. The van der Waals surface area contributed by atoms with Crippen molar-refractivity contribution in [3.05, 3.63) is 21.3 Å². The van der Waals surface area contributed by atoms with Crippen molar-refractivity contribution in [2.24, 2.45) is 11.8 Å². The van der Waals surface area contributed by atoms with Crippen molar-refractivity contribution in [3.63, 3.8) is 0 Å². The molecule has 1 atom stereocenters. The predicted octanol–water partition coefficient (Wildman–Crippen LogP) is 3.11. The van der Waals surface area contributed by atoms with Crippen molar-refractivity contribution < 1.29 is 4.92 Å². The van der Waals surface area contributed by atoms with Gasteiger partial charge in [-0.2, -0.15) is 4.68 Å². The summed E-state index contributed by atoms with van der Waals surface area (Å²) >= 11 is 9.13. The first-order chi connectivity index (χ1) is 7.45. The Morgan fingerprint density at radius 3 is 2.69 bits per heavy atom. The molecule has 5 nitrogen and oxygen atoms in total. The van der Waals surface area contributed by atoms with Gasteiger partial charge >= 0.3 is 5.82 Å². The van der Waals surface area contributed by atoms with Gasteiger partial charge in [0.2, 0.25) is 0 Å². The van der Waals surface area contributed by atoms with Crippen molar-refractivity contribution in [2.75, 3.05) is 5.33 Å². The van der Waals surface area contributed by atoms with Crippen LogP contribution in [0.4, 0.5) is 5.82 Å². The Bertz CT molecular complexity index is 381. The lowest BCUT2D eigenvalue weighted by atomic mass is 9.98. The minimum Gasteiger partial charge on any atom is -0.358 e. The van der Waals surface area contributed by atoms with Gasteiger partial charge in [-0.3, -0.25) is 0 Å². The Kier molecular flexibility index (Phi) is 4.73. The number of hydrogen-bond donors (Lipinski definition) is 0. The molecule has 0 spiro atoms. The van der Waals surface area contributed by atoms with E-state index >= 15 is 0 Å². The number of halogens is 2. The monoisotopic (exact) mass is 309 g/mol. The molecular weight excluding hydrogens is 297 g/mol. The number of nitrogens with zero attached hydrogens (tertiary/aromatic N) is 3. The third kappa shape index (κ3) is 3.18. The maximum Gasteiger partial charge on any atom is 0.408 e. The number of rotatable bonds is 5. The van der Waals surface area contributed by atoms with Gasteiger partial charge in [0.05, 0.1) is 17.8 Å². The molecule has 0 bridgehead atoms. The van der Waals surface area contributed by atoms with Gasteiger partial charge in [0.15, 0.2) is 5.02 Å². The molecule has 0 aliphatic carbocycles. The van der Waals surface area contributed by atoms with Gasteiger partial charge in [-0.15, -0.1) is 0 Å². The zero-order chi connectivity index (χ0) is 12.3. The van der Waals surface area contributed by atoms with E-state index in [1.165, 1.54) is 10.9 Å². The highest BCUT2D eigenvalue weighted by atomic mass is 79.9. The molecule has 0 aliphatic heterocycles. The van der Waals surface area contributed by atoms with E-state index in [1.807, 2.05) is 0 Å².